The highest BCUT2D eigenvalue weighted by Crippen LogP contribution is 2.32. The Balaban J connectivity index is 1.97. The van der Waals surface area contributed by atoms with Gasteiger partial charge in [-0.05, 0) is 80.7 Å². The van der Waals surface area contributed by atoms with Crippen LogP contribution in [0.1, 0.15) is 11.1 Å². The van der Waals surface area contributed by atoms with Crippen molar-refractivity contribution in [3.8, 4) is 11.8 Å². The number of nitrogens with one attached hydrogen (secondary N) is 1. The molecule has 0 aliphatic rings. The van der Waals surface area contributed by atoms with Crippen molar-refractivity contribution in [2.24, 2.45) is 0 Å². The summed E-state index contributed by atoms with van der Waals surface area (Å²) in [5.74, 6) is 0.269. The fourth-order valence-corrected chi connectivity index (χ4v) is 3.38. The molecule has 0 fully saturated rings. The summed E-state index contributed by atoms with van der Waals surface area (Å²) in [4.78, 5) is 12.0. The SMILES string of the molecule is Cc1cc(Br)c(NC(=O)COc2ccc(C#N)cc2)c(Br)c1. The number of benzene rings is 2. The first-order chi connectivity index (χ1) is 10.5. The number of hydrogen-bond acceptors (Lipinski definition) is 3. The molecule has 0 saturated carbocycles. The smallest absolute Gasteiger partial charge is 0.262 e. The van der Waals surface area contributed by atoms with Crippen LogP contribution in [0.3, 0.4) is 0 Å². The van der Waals surface area contributed by atoms with Crippen LogP contribution in [0, 0.1) is 18.3 Å². The number of nitrogens with zero attached hydrogens (tertiary/aromatic N) is 1. The van der Waals surface area contributed by atoms with Crippen molar-refractivity contribution in [1.29, 1.82) is 5.26 Å². The third-order valence-electron chi connectivity index (χ3n) is 2.80. The Kier molecular flexibility index (Phi) is 5.58. The van der Waals surface area contributed by atoms with Crippen molar-refractivity contribution in [1.82, 2.24) is 0 Å². The van der Waals surface area contributed by atoms with Crippen molar-refractivity contribution in [2.75, 3.05) is 11.9 Å². The van der Waals surface area contributed by atoms with Gasteiger partial charge >= 0.3 is 0 Å². The molecule has 0 heterocycles. The molecular formula is C16H12Br2N2O2. The van der Waals surface area contributed by atoms with E-state index in [9.17, 15) is 4.79 Å². The van der Waals surface area contributed by atoms with Crippen LogP contribution in [0.2, 0.25) is 0 Å². The average Bonchev–Trinajstić information content (AvgIpc) is 2.49. The summed E-state index contributed by atoms with van der Waals surface area (Å²) in [6.07, 6.45) is 0. The van der Waals surface area contributed by atoms with Gasteiger partial charge in [0.25, 0.3) is 5.91 Å². The number of ether oxygens (including phenoxy) is 1. The van der Waals surface area contributed by atoms with Gasteiger partial charge in [0.2, 0.25) is 0 Å². The van der Waals surface area contributed by atoms with Gasteiger partial charge in [-0.2, -0.15) is 5.26 Å². The normalized spacial score (nSPS) is 9.91. The van der Waals surface area contributed by atoms with E-state index >= 15 is 0 Å². The van der Waals surface area contributed by atoms with Gasteiger partial charge in [0.05, 0.1) is 17.3 Å². The number of aryl methyl sites for hydroxylation is 1. The molecule has 2 aromatic rings. The standard InChI is InChI=1S/C16H12Br2N2O2/c1-10-6-13(17)16(14(18)7-10)20-15(21)9-22-12-4-2-11(8-19)3-5-12/h2-7H,9H2,1H3,(H,20,21). The maximum absolute atomic E-state index is 12.0. The lowest BCUT2D eigenvalue weighted by molar-refractivity contribution is -0.118. The van der Waals surface area contributed by atoms with Crippen LogP contribution in [-0.4, -0.2) is 12.5 Å². The molecule has 0 aliphatic carbocycles. The van der Waals surface area contributed by atoms with E-state index in [1.807, 2.05) is 25.1 Å². The predicted molar refractivity (Wildman–Crippen MR) is 91.9 cm³/mol. The zero-order chi connectivity index (χ0) is 16.1. The van der Waals surface area contributed by atoms with Crippen molar-refractivity contribution >= 4 is 43.5 Å². The second-order valence-electron chi connectivity index (χ2n) is 4.58. The van der Waals surface area contributed by atoms with Crippen LogP contribution in [0.15, 0.2) is 45.3 Å². The Bertz CT molecular complexity index is 714. The van der Waals surface area contributed by atoms with Gasteiger partial charge in [-0.3, -0.25) is 4.79 Å². The first-order valence-corrected chi connectivity index (χ1v) is 7.96. The molecule has 0 unspecified atom stereocenters. The van der Waals surface area contributed by atoms with Crippen LogP contribution in [0.5, 0.6) is 5.75 Å². The number of hydrogen-bond donors (Lipinski definition) is 1. The van der Waals surface area contributed by atoms with E-state index in [4.69, 9.17) is 10.00 Å². The molecule has 0 atom stereocenters. The fourth-order valence-electron chi connectivity index (χ4n) is 1.77. The molecule has 2 aromatic carbocycles. The first-order valence-electron chi connectivity index (χ1n) is 6.38. The Morgan fingerprint density at radius 3 is 2.36 bits per heavy atom. The molecule has 0 spiro atoms. The Morgan fingerprint density at radius 2 is 1.82 bits per heavy atom. The second-order valence-corrected chi connectivity index (χ2v) is 6.29. The van der Waals surface area contributed by atoms with Gasteiger partial charge in [0.1, 0.15) is 5.75 Å². The highest BCUT2D eigenvalue weighted by molar-refractivity contribution is 9.11. The topological polar surface area (TPSA) is 62.1 Å². The van der Waals surface area contributed by atoms with E-state index in [-0.39, 0.29) is 12.5 Å². The second kappa shape index (κ2) is 7.43. The maximum Gasteiger partial charge on any atom is 0.262 e. The number of carbonyl (C=O) groups excluding carboxylic acids is 1. The van der Waals surface area contributed by atoms with Crippen molar-refractivity contribution in [3.63, 3.8) is 0 Å². The number of carbonyl (C=O) groups is 1. The summed E-state index contributed by atoms with van der Waals surface area (Å²) in [6, 6.07) is 12.5. The monoisotopic (exact) mass is 422 g/mol. The van der Waals surface area contributed by atoms with Crippen molar-refractivity contribution in [3.05, 3.63) is 56.5 Å². The number of amides is 1. The first kappa shape index (κ1) is 16.5. The molecule has 22 heavy (non-hydrogen) atoms. The highest BCUT2D eigenvalue weighted by Gasteiger charge is 2.10. The quantitative estimate of drug-likeness (QED) is 0.792. The number of rotatable bonds is 4. The molecule has 0 aromatic heterocycles. The van der Waals surface area contributed by atoms with Crippen LogP contribution in [0.4, 0.5) is 5.69 Å². The molecule has 1 amide bonds. The largest absolute Gasteiger partial charge is 0.484 e. The van der Waals surface area contributed by atoms with Crippen LogP contribution >= 0.6 is 31.9 Å². The number of halogens is 2. The van der Waals surface area contributed by atoms with Gasteiger partial charge in [-0.25, -0.2) is 0 Å². The molecule has 0 bridgehead atoms. The van der Waals surface area contributed by atoms with E-state index in [1.54, 1.807) is 24.3 Å². The van der Waals surface area contributed by atoms with E-state index in [1.165, 1.54) is 0 Å². The van der Waals surface area contributed by atoms with E-state index in [0.717, 1.165) is 14.5 Å². The Hall–Kier alpha value is -1.84. The minimum atomic E-state index is -0.269. The predicted octanol–water partition coefficient (Wildman–Crippen LogP) is 4.41. The number of anilines is 1. The molecule has 4 nitrogen and oxygen atoms in total. The minimum absolute atomic E-state index is 0.112. The molecule has 112 valence electrons. The lowest BCUT2D eigenvalue weighted by atomic mass is 10.2. The maximum atomic E-state index is 12.0. The number of nitriles is 1. The van der Waals surface area contributed by atoms with E-state index in [2.05, 4.69) is 37.2 Å². The summed E-state index contributed by atoms with van der Waals surface area (Å²) in [6.45, 7) is 1.85. The van der Waals surface area contributed by atoms with Gasteiger partial charge in [-0.15, -0.1) is 0 Å². The lowest BCUT2D eigenvalue weighted by Crippen LogP contribution is -2.20. The van der Waals surface area contributed by atoms with Gasteiger partial charge < -0.3 is 10.1 Å². The molecule has 0 saturated heterocycles. The van der Waals surface area contributed by atoms with Crippen LogP contribution in [-0.2, 0) is 4.79 Å². The molecule has 0 radical (unpaired) electrons. The van der Waals surface area contributed by atoms with E-state index < -0.39 is 0 Å². The molecule has 0 aliphatic heterocycles. The zero-order valence-electron chi connectivity index (χ0n) is 11.7. The van der Waals surface area contributed by atoms with Gasteiger partial charge in [-0.1, -0.05) is 0 Å². The van der Waals surface area contributed by atoms with Crippen molar-refractivity contribution in [2.45, 2.75) is 6.92 Å². The highest BCUT2D eigenvalue weighted by atomic mass is 79.9. The van der Waals surface area contributed by atoms with Crippen LogP contribution in [0.25, 0.3) is 0 Å². The molecular weight excluding hydrogens is 412 g/mol. The minimum Gasteiger partial charge on any atom is -0.484 e. The third kappa shape index (κ3) is 4.33. The van der Waals surface area contributed by atoms with Crippen LogP contribution < -0.4 is 10.1 Å². The Morgan fingerprint density at radius 1 is 1.23 bits per heavy atom. The summed E-state index contributed by atoms with van der Waals surface area (Å²) in [5, 5.41) is 11.5. The summed E-state index contributed by atoms with van der Waals surface area (Å²) < 4.78 is 6.99. The van der Waals surface area contributed by atoms with Gasteiger partial charge in [0.15, 0.2) is 6.61 Å². The average molecular weight is 424 g/mol. The summed E-state index contributed by atoms with van der Waals surface area (Å²) in [5.41, 5.74) is 2.29. The van der Waals surface area contributed by atoms with E-state index in [0.29, 0.717) is 17.0 Å². The third-order valence-corrected chi connectivity index (χ3v) is 4.06. The molecule has 6 heteroatoms. The fraction of sp³-hybridized carbons (Fsp3) is 0.125. The van der Waals surface area contributed by atoms with Gasteiger partial charge in [0, 0.05) is 8.95 Å². The summed E-state index contributed by atoms with van der Waals surface area (Å²) in [7, 11) is 0. The molecule has 2 rings (SSSR count). The Labute approximate surface area is 145 Å². The summed E-state index contributed by atoms with van der Waals surface area (Å²) >= 11 is 6.84. The zero-order valence-corrected chi connectivity index (χ0v) is 14.9. The molecule has 1 N–H and O–H groups in total. The van der Waals surface area contributed by atoms with Crippen molar-refractivity contribution < 1.29 is 9.53 Å². The lowest BCUT2D eigenvalue weighted by Gasteiger charge is -2.11.